The molecule has 48 heavy (non-hydrogen) atoms. The standard InChI is InChI=1S/C22H42O2.C18H37.C4H6O2/c1-4-5-6-7-8-9-10-11-12-13-14-15-16-17-18-19-20-24-22(23)21(2)3;1-3-5-7-9-11-13-15-17-18-16-14-12-10-8-6-4-2;1-3(2)4(5)6/h2,4-20H2,1,3H3;1,3-18H2,2H3;1H2,2H3,(H,5,6). The van der Waals surface area contributed by atoms with Gasteiger partial charge in [0.2, 0.25) is 0 Å². The van der Waals surface area contributed by atoms with Crippen LogP contribution in [-0.2, 0) is 14.3 Å². The highest BCUT2D eigenvalue weighted by Crippen LogP contribution is 2.15. The molecule has 4 heteroatoms. The summed E-state index contributed by atoms with van der Waals surface area (Å²) in [6.07, 6.45) is 44.6. The number of aliphatic carboxylic acids is 1. The SMILES string of the molecule is C=C(C)C(=O)O.C=C(C)C(=O)OCCCCCCCCCCCCCCCCCC.[CH2]CCCCCCCCCCCCCCCCC. The molecule has 0 bridgehead atoms. The predicted octanol–water partition coefficient (Wildman–Crippen LogP) is 15.1. The molecular weight excluding hydrogens is 592 g/mol. The molecule has 0 unspecified atom stereocenters. The van der Waals surface area contributed by atoms with Crippen LogP contribution < -0.4 is 0 Å². The fourth-order valence-electron chi connectivity index (χ4n) is 5.49. The van der Waals surface area contributed by atoms with E-state index in [-0.39, 0.29) is 11.5 Å². The van der Waals surface area contributed by atoms with Crippen molar-refractivity contribution in [3.63, 3.8) is 0 Å². The minimum absolute atomic E-state index is 0.176. The Morgan fingerprint density at radius 1 is 0.438 bits per heavy atom. The maximum atomic E-state index is 11.2. The van der Waals surface area contributed by atoms with Gasteiger partial charge >= 0.3 is 11.9 Å². The quantitative estimate of drug-likeness (QED) is 0.0418. The Morgan fingerprint density at radius 3 is 0.875 bits per heavy atom. The van der Waals surface area contributed by atoms with Gasteiger partial charge in [0.15, 0.2) is 0 Å². The summed E-state index contributed by atoms with van der Waals surface area (Å²) in [6.45, 7) is 18.9. The van der Waals surface area contributed by atoms with E-state index in [0.717, 1.165) is 12.8 Å². The summed E-state index contributed by atoms with van der Waals surface area (Å²) in [6, 6.07) is 0. The smallest absolute Gasteiger partial charge is 0.333 e. The van der Waals surface area contributed by atoms with E-state index < -0.39 is 5.97 Å². The zero-order chi connectivity index (χ0) is 36.4. The third-order valence-electron chi connectivity index (χ3n) is 8.80. The van der Waals surface area contributed by atoms with Gasteiger partial charge in [0, 0.05) is 11.1 Å². The van der Waals surface area contributed by atoms with Crippen molar-refractivity contribution in [2.45, 2.75) is 233 Å². The van der Waals surface area contributed by atoms with Crippen LogP contribution in [0.15, 0.2) is 24.3 Å². The Kier molecular flexibility index (Phi) is 48.1. The lowest BCUT2D eigenvalue weighted by atomic mass is 10.0. The van der Waals surface area contributed by atoms with E-state index in [2.05, 4.69) is 33.9 Å². The molecule has 0 saturated carbocycles. The molecule has 0 atom stereocenters. The van der Waals surface area contributed by atoms with Crippen molar-refractivity contribution < 1.29 is 19.4 Å². The highest BCUT2D eigenvalue weighted by Gasteiger charge is 2.02. The van der Waals surface area contributed by atoms with Crippen LogP contribution in [0.25, 0.3) is 0 Å². The molecule has 0 saturated heterocycles. The van der Waals surface area contributed by atoms with E-state index in [1.807, 2.05) is 0 Å². The summed E-state index contributed by atoms with van der Waals surface area (Å²) in [5.74, 6) is -1.19. The number of carboxylic acids is 1. The first kappa shape index (κ1) is 50.8. The average molecular weight is 678 g/mol. The molecule has 0 rings (SSSR count). The zero-order valence-electron chi connectivity index (χ0n) is 33.1. The Balaban J connectivity index is -0.000000740. The van der Waals surface area contributed by atoms with Crippen molar-refractivity contribution in [2.24, 2.45) is 0 Å². The van der Waals surface area contributed by atoms with Crippen LogP contribution in [0.5, 0.6) is 0 Å². The third kappa shape index (κ3) is 51.3. The summed E-state index contributed by atoms with van der Waals surface area (Å²) in [7, 11) is 0. The number of rotatable bonds is 34. The lowest BCUT2D eigenvalue weighted by Crippen LogP contribution is -2.05. The van der Waals surface area contributed by atoms with Crippen LogP contribution in [0, 0.1) is 6.92 Å². The van der Waals surface area contributed by atoms with E-state index >= 15 is 0 Å². The number of carbonyl (C=O) groups excluding carboxylic acids is 1. The lowest BCUT2D eigenvalue weighted by Gasteiger charge is -2.05. The number of hydrogen-bond acceptors (Lipinski definition) is 3. The molecule has 0 heterocycles. The van der Waals surface area contributed by atoms with Crippen molar-refractivity contribution in [1.29, 1.82) is 0 Å². The molecule has 1 N–H and O–H groups in total. The minimum Gasteiger partial charge on any atom is -0.478 e. The summed E-state index contributed by atoms with van der Waals surface area (Å²) in [5.41, 5.74) is 0.668. The molecular formula is C44H85O4. The summed E-state index contributed by atoms with van der Waals surface area (Å²) in [4.78, 5) is 20.8. The van der Waals surface area contributed by atoms with Crippen LogP contribution in [0.4, 0.5) is 0 Å². The Hall–Kier alpha value is -1.58. The fourth-order valence-corrected chi connectivity index (χ4v) is 5.49. The minimum atomic E-state index is -0.935. The fraction of sp³-hybridized carbons (Fsp3) is 0.841. The van der Waals surface area contributed by atoms with Crippen LogP contribution in [-0.4, -0.2) is 23.7 Å². The van der Waals surface area contributed by atoms with Crippen molar-refractivity contribution in [1.82, 2.24) is 0 Å². The van der Waals surface area contributed by atoms with Gasteiger partial charge in [-0.25, -0.2) is 9.59 Å². The summed E-state index contributed by atoms with van der Waals surface area (Å²) < 4.78 is 5.08. The van der Waals surface area contributed by atoms with E-state index in [1.54, 1.807) is 6.92 Å². The second-order valence-electron chi connectivity index (χ2n) is 14.1. The van der Waals surface area contributed by atoms with Gasteiger partial charge in [0.05, 0.1) is 6.61 Å². The van der Waals surface area contributed by atoms with Crippen LogP contribution >= 0.6 is 0 Å². The molecule has 4 nitrogen and oxygen atoms in total. The predicted molar refractivity (Wildman–Crippen MR) is 213 cm³/mol. The largest absolute Gasteiger partial charge is 0.478 e. The summed E-state index contributed by atoms with van der Waals surface area (Å²) in [5, 5.41) is 7.89. The van der Waals surface area contributed by atoms with Gasteiger partial charge in [-0.1, -0.05) is 233 Å². The average Bonchev–Trinajstić information content (AvgIpc) is 3.06. The molecule has 0 aromatic heterocycles. The van der Waals surface area contributed by atoms with Crippen molar-refractivity contribution >= 4 is 11.9 Å². The van der Waals surface area contributed by atoms with E-state index in [1.165, 1.54) is 200 Å². The monoisotopic (exact) mass is 678 g/mol. The van der Waals surface area contributed by atoms with Gasteiger partial charge in [0.1, 0.15) is 0 Å². The molecule has 0 amide bonds. The molecule has 0 aromatic carbocycles. The number of ether oxygens (including phenoxy) is 1. The van der Waals surface area contributed by atoms with E-state index in [0.29, 0.717) is 12.2 Å². The highest BCUT2D eigenvalue weighted by molar-refractivity contribution is 5.86. The van der Waals surface area contributed by atoms with E-state index in [9.17, 15) is 9.59 Å². The lowest BCUT2D eigenvalue weighted by molar-refractivity contribution is -0.139. The van der Waals surface area contributed by atoms with Crippen molar-refractivity contribution in [2.75, 3.05) is 6.61 Å². The first-order valence-electron chi connectivity index (χ1n) is 20.7. The van der Waals surface area contributed by atoms with Gasteiger partial charge < -0.3 is 9.84 Å². The Bertz CT molecular complexity index is 655. The van der Waals surface area contributed by atoms with Gasteiger partial charge in [-0.15, -0.1) is 0 Å². The number of carbonyl (C=O) groups is 2. The third-order valence-corrected chi connectivity index (χ3v) is 8.80. The first-order valence-corrected chi connectivity index (χ1v) is 20.7. The second kappa shape index (κ2) is 45.4. The molecule has 0 aromatic rings. The number of hydrogen-bond donors (Lipinski definition) is 1. The van der Waals surface area contributed by atoms with Gasteiger partial charge in [0.25, 0.3) is 0 Å². The van der Waals surface area contributed by atoms with Crippen molar-refractivity contribution in [3.05, 3.63) is 31.2 Å². The normalized spacial score (nSPS) is 10.4. The number of esters is 1. The van der Waals surface area contributed by atoms with Crippen LogP contribution in [0.1, 0.15) is 233 Å². The molecule has 0 fully saturated rings. The van der Waals surface area contributed by atoms with E-state index in [4.69, 9.17) is 9.84 Å². The maximum absolute atomic E-state index is 11.2. The topological polar surface area (TPSA) is 63.6 Å². The molecule has 0 spiro atoms. The molecule has 0 aliphatic rings. The molecule has 0 aliphatic carbocycles. The molecule has 0 aliphatic heterocycles. The van der Waals surface area contributed by atoms with Crippen LogP contribution in [0.3, 0.4) is 0 Å². The van der Waals surface area contributed by atoms with Crippen LogP contribution in [0.2, 0.25) is 0 Å². The number of carboxylic acid groups (broad SMARTS) is 1. The first-order chi connectivity index (χ1) is 23.2. The summed E-state index contributed by atoms with van der Waals surface area (Å²) >= 11 is 0. The van der Waals surface area contributed by atoms with Gasteiger partial charge in [-0.05, 0) is 20.3 Å². The highest BCUT2D eigenvalue weighted by atomic mass is 16.5. The zero-order valence-corrected chi connectivity index (χ0v) is 33.1. The number of unbranched alkanes of at least 4 members (excludes halogenated alkanes) is 30. The maximum Gasteiger partial charge on any atom is 0.333 e. The molecule has 285 valence electrons. The molecule has 1 radical (unpaired) electrons. The Morgan fingerprint density at radius 2 is 0.667 bits per heavy atom. The van der Waals surface area contributed by atoms with Crippen molar-refractivity contribution in [3.8, 4) is 0 Å². The van der Waals surface area contributed by atoms with Gasteiger partial charge in [-0.2, -0.15) is 0 Å². The Labute approximate surface area is 301 Å². The second-order valence-corrected chi connectivity index (χ2v) is 14.1. The van der Waals surface area contributed by atoms with Gasteiger partial charge in [-0.3, -0.25) is 0 Å².